The summed E-state index contributed by atoms with van der Waals surface area (Å²) in [6, 6.07) is 16.9. The van der Waals surface area contributed by atoms with Crippen LogP contribution in [0.1, 0.15) is 26.5 Å². The van der Waals surface area contributed by atoms with Gasteiger partial charge in [0.1, 0.15) is 6.61 Å². The predicted molar refractivity (Wildman–Crippen MR) is 100 cm³/mol. The third kappa shape index (κ3) is 4.54. The molecule has 0 aliphatic carbocycles. The molecule has 1 aromatic heterocycles. The van der Waals surface area contributed by atoms with E-state index in [1.807, 2.05) is 49.4 Å². The van der Waals surface area contributed by atoms with Gasteiger partial charge < -0.3 is 14.6 Å². The summed E-state index contributed by atoms with van der Waals surface area (Å²) < 4.78 is 9.99. The summed E-state index contributed by atoms with van der Waals surface area (Å²) in [6.07, 6.45) is 0. The smallest absolute Gasteiger partial charge is 0.313 e. The highest BCUT2D eigenvalue weighted by Gasteiger charge is 2.13. The van der Waals surface area contributed by atoms with E-state index in [-0.39, 0.29) is 30.7 Å². The Bertz CT molecular complexity index is 969. The van der Waals surface area contributed by atoms with Gasteiger partial charge in [-0.25, -0.2) is 5.48 Å². The number of hydrogen-bond acceptors (Lipinski definition) is 6. The zero-order valence-corrected chi connectivity index (χ0v) is 15.1. The number of ether oxygens (including phenoxy) is 1. The SMILES string of the molecule is Cc1cc(-c2ccccc2)ccc1C(=O)NCCOc1cc(C(=O)NO)on1. The lowest BCUT2D eigenvalue weighted by atomic mass is 9.99. The van der Waals surface area contributed by atoms with Crippen molar-refractivity contribution >= 4 is 11.8 Å². The van der Waals surface area contributed by atoms with Crippen molar-refractivity contribution in [3.8, 4) is 17.0 Å². The molecule has 3 aromatic rings. The second-order valence-corrected chi connectivity index (χ2v) is 5.97. The fourth-order valence-electron chi connectivity index (χ4n) is 2.63. The Kier molecular flexibility index (Phi) is 6.03. The Morgan fingerprint density at radius 2 is 1.86 bits per heavy atom. The Morgan fingerprint density at radius 1 is 1.07 bits per heavy atom. The molecular formula is C20H19N3O5. The van der Waals surface area contributed by atoms with Crippen LogP contribution in [0.15, 0.2) is 59.1 Å². The van der Waals surface area contributed by atoms with E-state index in [4.69, 9.17) is 14.5 Å². The minimum Gasteiger partial charge on any atom is -0.474 e. The first-order valence-electron chi connectivity index (χ1n) is 8.56. The molecule has 0 unspecified atom stereocenters. The van der Waals surface area contributed by atoms with Crippen LogP contribution in [0.3, 0.4) is 0 Å². The van der Waals surface area contributed by atoms with Crippen LogP contribution in [0.25, 0.3) is 11.1 Å². The van der Waals surface area contributed by atoms with E-state index in [0.29, 0.717) is 5.56 Å². The van der Waals surface area contributed by atoms with Gasteiger partial charge in [0.05, 0.1) is 12.6 Å². The van der Waals surface area contributed by atoms with Crippen molar-refractivity contribution in [3.05, 3.63) is 71.5 Å². The van der Waals surface area contributed by atoms with E-state index < -0.39 is 5.91 Å². The maximum atomic E-state index is 12.4. The summed E-state index contributed by atoms with van der Waals surface area (Å²) in [5.41, 5.74) is 5.03. The number of carbonyl (C=O) groups excluding carboxylic acids is 2. The number of benzene rings is 2. The zero-order valence-electron chi connectivity index (χ0n) is 15.1. The quantitative estimate of drug-likeness (QED) is 0.329. The fraction of sp³-hybridized carbons (Fsp3) is 0.150. The molecule has 1 heterocycles. The highest BCUT2D eigenvalue weighted by molar-refractivity contribution is 5.96. The zero-order chi connectivity index (χ0) is 19.9. The summed E-state index contributed by atoms with van der Waals surface area (Å²) in [5, 5.41) is 14.8. The molecule has 0 saturated carbocycles. The molecule has 0 saturated heterocycles. The number of rotatable bonds is 7. The first-order valence-corrected chi connectivity index (χ1v) is 8.56. The van der Waals surface area contributed by atoms with Gasteiger partial charge >= 0.3 is 5.91 Å². The maximum Gasteiger partial charge on any atom is 0.313 e. The normalized spacial score (nSPS) is 10.4. The predicted octanol–water partition coefficient (Wildman–Crippen LogP) is 2.58. The van der Waals surface area contributed by atoms with Crippen molar-refractivity contribution in [2.75, 3.05) is 13.2 Å². The van der Waals surface area contributed by atoms with E-state index >= 15 is 0 Å². The molecule has 0 spiro atoms. The van der Waals surface area contributed by atoms with Gasteiger partial charge in [0, 0.05) is 5.56 Å². The lowest BCUT2D eigenvalue weighted by Gasteiger charge is -2.10. The second kappa shape index (κ2) is 8.83. The summed E-state index contributed by atoms with van der Waals surface area (Å²) in [4.78, 5) is 23.5. The number of hydroxylamine groups is 1. The van der Waals surface area contributed by atoms with Crippen molar-refractivity contribution in [3.63, 3.8) is 0 Å². The Morgan fingerprint density at radius 3 is 2.57 bits per heavy atom. The van der Waals surface area contributed by atoms with Crippen LogP contribution >= 0.6 is 0 Å². The van der Waals surface area contributed by atoms with Gasteiger partial charge in [-0.1, -0.05) is 42.5 Å². The van der Waals surface area contributed by atoms with Crippen molar-refractivity contribution in [1.29, 1.82) is 0 Å². The van der Waals surface area contributed by atoms with Gasteiger partial charge in [0.15, 0.2) is 0 Å². The van der Waals surface area contributed by atoms with Gasteiger partial charge in [-0.3, -0.25) is 14.8 Å². The third-order valence-electron chi connectivity index (χ3n) is 4.03. The minimum atomic E-state index is -0.829. The average molecular weight is 381 g/mol. The third-order valence-corrected chi connectivity index (χ3v) is 4.03. The second-order valence-electron chi connectivity index (χ2n) is 5.97. The van der Waals surface area contributed by atoms with Crippen LogP contribution in [0.5, 0.6) is 5.88 Å². The molecule has 3 N–H and O–H groups in total. The topological polar surface area (TPSA) is 114 Å². The summed E-state index contributed by atoms with van der Waals surface area (Å²) in [7, 11) is 0. The van der Waals surface area contributed by atoms with E-state index in [1.165, 1.54) is 11.5 Å². The molecule has 144 valence electrons. The van der Waals surface area contributed by atoms with Gasteiger partial charge in [-0.15, -0.1) is 0 Å². The van der Waals surface area contributed by atoms with Crippen molar-refractivity contribution in [2.45, 2.75) is 6.92 Å². The summed E-state index contributed by atoms with van der Waals surface area (Å²) >= 11 is 0. The largest absolute Gasteiger partial charge is 0.474 e. The minimum absolute atomic E-state index is 0.0799. The molecule has 2 aromatic carbocycles. The first kappa shape index (κ1) is 19.1. The van der Waals surface area contributed by atoms with E-state index in [0.717, 1.165) is 16.7 Å². The van der Waals surface area contributed by atoms with Gasteiger partial charge in [0.2, 0.25) is 5.76 Å². The van der Waals surface area contributed by atoms with E-state index in [9.17, 15) is 9.59 Å². The lowest BCUT2D eigenvalue weighted by Crippen LogP contribution is -2.28. The van der Waals surface area contributed by atoms with Crippen LogP contribution in [0.4, 0.5) is 0 Å². The summed E-state index contributed by atoms with van der Waals surface area (Å²) in [5.74, 6) is -1.14. The molecule has 2 amide bonds. The molecule has 28 heavy (non-hydrogen) atoms. The summed E-state index contributed by atoms with van der Waals surface area (Å²) in [6.45, 7) is 2.27. The highest BCUT2D eigenvalue weighted by Crippen LogP contribution is 2.22. The number of nitrogens with zero attached hydrogens (tertiary/aromatic N) is 1. The maximum absolute atomic E-state index is 12.4. The van der Waals surface area contributed by atoms with Crippen LogP contribution in [-0.2, 0) is 0 Å². The molecule has 0 radical (unpaired) electrons. The van der Waals surface area contributed by atoms with Crippen LogP contribution in [0, 0.1) is 6.92 Å². The van der Waals surface area contributed by atoms with Crippen molar-refractivity contribution < 1.29 is 24.1 Å². The lowest BCUT2D eigenvalue weighted by molar-refractivity contribution is 0.0666. The average Bonchev–Trinajstić information content (AvgIpc) is 3.20. The van der Waals surface area contributed by atoms with Crippen LogP contribution in [-0.4, -0.2) is 35.3 Å². The molecule has 0 aliphatic rings. The number of hydrogen-bond donors (Lipinski definition) is 3. The Hall–Kier alpha value is -3.65. The fourth-order valence-corrected chi connectivity index (χ4v) is 2.63. The molecule has 0 bridgehead atoms. The number of carbonyl (C=O) groups is 2. The molecule has 0 aliphatic heterocycles. The Labute approximate surface area is 161 Å². The van der Waals surface area contributed by atoms with Gasteiger partial charge in [0.25, 0.3) is 11.8 Å². The number of nitrogens with one attached hydrogen (secondary N) is 2. The number of aryl methyl sites for hydroxylation is 1. The van der Waals surface area contributed by atoms with Crippen LogP contribution < -0.4 is 15.5 Å². The van der Waals surface area contributed by atoms with E-state index in [2.05, 4.69) is 10.5 Å². The number of amides is 2. The van der Waals surface area contributed by atoms with Gasteiger partial charge in [-0.05, 0) is 34.8 Å². The Balaban J connectivity index is 1.52. The van der Waals surface area contributed by atoms with Crippen LogP contribution in [0.2, 0.25) is 0 Å². The monoisotopic (exact) mass is 381 g/mol. The highest BCUT2D eigenvalue weighted by atomic mass is 16.5. The molecular weight excluding hydrogens is 362 g/mol. The molecule has 8 nitrogen and oxygen atoms in total. The molecule has 0 atom stereocenters. The molecule has 8 heteroatoms. The first-order chi connectivity index (χ1) is 13.6. The van der Waals surface area contributed by atoms with E-state index in [1.54, 1.807) is 6.07 Å². The van der Waals surface area contributed by atoms with Crippen molar-refractivity contribution in [2.24, 2.45) is 0 Å². The van der Waals surface area contributed by atoms with Gasteiger partial charge in [-0.2, -0.15) is 0 Å². The molecule has 0 fully saturated rings. The standard InChI is InChI=1S/C20H19N3O5/c1-13-11-15(14-5-3-2-4-6-14)7-8-16(13)19(24)21-9-10-27-18-12-17(28-23-18)20(25)22-26/h2-8,11-12,26H,9-10H2,1H3,(H,21,24)(H,22,25). The molecule has 3 rings (SSSR count). The van der Waals surface area contributed by atoms with Crippen molar-refractivity contribution in [1.82, 2.24) is 16.0 Å². The number of aromatic nitrogens is 1.